The van der Waals surface area contributed by atoms with E-state index in [-0.39, 0.29) is 22.3 Å². The molecule has 1 fully saturated rings. The summed E-state index contributed by atoms with van der Waals surface area (Å²) in [7, 11) is 0. The van der Waals surface area contributed by atoms with Crippen LogP contribution in [0.15, 0.2) is 48.5 Å². The number of nitrogens with two attached hydrogens (primary N) is 1. The van der Waals surface area contributed by atoms with Crippen LogP contribution in [0, 0.1) is 5.82 Å². The monoisotopic (exact) mass is 289 g/mol. The molecule has 1 aliphatic rings. The Labute approximate surface area is 123 Å². The first-order chi connectivity index (χ1) is 9.63. The second kappa shape index (κ2) is 5.19. The molecule has 0 bridgehead atoms. The quantitative estimate of drug-likeness (QED) is 0.902. The zero-order chi connectivity index (χ0) is 14.2. The summed E-state index contributed by atoms with van der Waals surface area (Å²) < 4.78 is 13.5. The molecule has 3 heteroatoms. The molecular weight excluding hydrogens is 273 g/mol. The Balaban J connectivity index is 1.83. The van der Waals surface area contributed by atoms with Crippen molar-refractivity contribution >= 4 is 11.6 Å². The van der Waals surface area contributed by atoms with Crippen molar-refractivity contribution < 1.29 is 4.39 Å². The number of benzene rings is 2. The van der Waals surface area contributed by atoms with E-state index >= 15 is 0 Å². The fourth-order valence-corrected chi connectivity index (χ4v) is 3.12. The van der Waals surface area contributed by atoms with Gasteiger partial charge in [0.15, 0.2) is 0 Å². The van der Waals surface area contributed by atoms with Gasteiger partial charge in [-0.15, -0.1) is 0 Å². The molecule has 2 aromatic carbocycles. The Morgan fingerprint density at radius 2 is 1.80 bits per heavy atom. The summed E-state index contributed by atoms with van der Waals surface area (Å²) in [6.45, 7) is 0. The van der Waals surface area contributed by atoms with Crippen LogP contribution >= 0.6 is 11.6 Å². The molecule has 104 valence electrons. The lowest BCUT2D eigenvalue weighted by Crippen LogP contribution is -2.36. The molecule has 1 unspecified atom stereocenters. The van der Waals surface area contributed by atoms with Gasteiger partial charge >= 0.3 is 0 Å². The Kier molecular flexibility index (Phi) is 3.53. The van der Waals surface area contributed by atoms with Gasteiger partial charge in [-0.25, -0.2) is 4.39 Å². The van der Waals surface area contributed by atoms with Crippen molar-refractivity contribution in [1.82, 2.24) is 0 Å². The average Bonchev–Trinajstić information content (AvgIpc) is 3.26. The van der Waals surface area contributed by atoms with Gasteiger partial charge in [0.1, 0.15) is 5.82 Å². The molecule has 1 atom stereocenters. The summed E-state index contributed by atoms with van der Waals surface area (Å²) >= 11 is 6.02. The van der Waals surface area contributed by atoms with E-state index in [1.165, 1.54) is 11.6 Å². The van der Waals surface area contributed by atoms with E-state index in [2.05, 4.69) is 12.1 Å². The molecule has 0 radical (unpaired) electrons. The molecule has 0 saturated heterocycles. The summed E-state index contributed by atoms with van der Waals surface area (Å²) in [6, 6.07) is 15.2. The minimum absolute atomic E-state index is 0.0378. The van der Waals surface area contributed by atoms with Crippen LogP contribution in [-0.2, 0) is 11.8 Å². The maximum absolute atomic E-state index is 13.5. The van der Waals surface area contributed by atoms with Crippen molar-refractivity contribution in [1.29, 1.82) is 0 Å². The standard InChI is InChI=1S/C17H17ClFN/c18-16-12(5-4-8-14(16)19)11-15(20)17(9-10-17)13-6-2-1-3-7-13/h1-8,15H,9-11,20H2. The van der Waals surface area contributed by atoms with Crippen molar-refractivity contribution in [2.45, 2.75) is 30.7 Å². The summed E-state index contributed by atoms with van der Waals surface area (Å²) in [4.78, 5) is 0. The first kappa shape index (κ1) is 13.6. The second-order valence-electron chi connectivity index (χ2n) is 5.55. The van der Waals surface area contributed by atoms with Gasteiger partial charge in [-0.2, -0.15) is 0 Å². The largest absolute Gasteiger partial charge is 0.327 e. The van der Waals surface area contributed by atoms with Crippen molar-refractivity contribution in [3.05, 3.63) is 70.5 Å². The highest BCUT2D eigenvalue weighted by atomic mass is 35.5. The average molecular weight is 290 g/mol. The van der Waals surface area contributed by atoms with Crippen LogP contribution in [0.4, 0.5) is 4.39 Å². The van der Waals surface area contributed by atoms with E-state index in [1.807, 2.05) is 24.3 Å². The Morgan fingerprint density at radius 1 is 1.10 bits per heavy atom. The molecule has 3 rings (SSSR count). The van der Waals surface area contributed by atoms with Gasteiger partial charge in [0.25, 0.3) is 0 Å². The fraction of sp³-hybridized carbons (Fsp3) is 0.294. The first-order valence-electron chi connectivity index (χ1n) is 6.87. The summed E-state index contributed by atoms with van der Waals surface area (Å²) in [5.74, 6) is -0.374. The Hall–Kier alpha value is -1.38. The van der Waals surface area contributed by atoms with E-state index in [0.717, 1.165) is 18.4 Å². The van der Waals surface area contributed by atoms with E-state index in [9.17, 15) is 4.39 Å². The lowest BCUT2D eigenvalue weighted by atomic mass is 9.85. The fourth-order valence-electron chi connectivity index (χ4n) is 2.92. The zero-order valence-electron chi connectivity index (χ0n) is 11.2. The van der Waals surface area contributed by atoms with Gasteiger partial charge in [0, 0.05) is 11.5 Å². The third kappa shape index (κ3) is 2.34. The van der Waals surface area contributed by atoms with Crippen molar-refractivity contribution in [2.24, 2.45) is 5.73 Å². The zero-order valence-corrected chi connectivity index (χ0v) is 11.9. The second-order valence-corrected chi connectivity index (χ2v) is 5.92. The van der Waals surface area contributed by atoms with E-state index < -0.39 is 0 Å². The summed E-state index contributed by atoms with van der Waals surface area (Å²) in [6.07, 6.45) is 2.78. The molecule has 2 aromatic rings. The van der Waals surface area contributed by atoms with Crippen LogP contribution in [0.2, 0.25) is 5.02 Å². The SMILES string of the molecule is NC(Cc1cccc(F)c1Cl)C1(c2ccccc2)CC1. The Morgan fingerprint density at radius 3 is 2.45 bits per heavy atom. The topological polar surface area (TPSA) is 26.0 Å². The van der Waals surface area contributed by atoms with Gasteiger partial charge in [-0.3, -0.25) is 0 Å². The van der Waals surface area contributed by atoms with Gasteiger partial charge in [0.05, 0.1) is 5.02 Å². The van der Waals surface area contributed by atoms with Gasteiger partial charge in [-0.05, 0) is 36.5 Å². The highest BCUT2D eigenvalue weighted by Gasteiger charge is 2.49. The van der Waals surface area contributed by atoms with Crippen molar-refractivity contribution in [3.63, 3.8) is 0 Å². The minimum Gasteiger partial charge on any atom is -0.327 e. The van der Waals surface area contributed by atoms with Crippen LogP contribution in [0.25, 0.3) is 0 Å². The van der Waals surface area contributed by atoms with Crippen molar-refractivity contribution in [3.8, 4) is 0 Å². The van der Waals surface area contributed by atoms with Crippen LogP contribution in [0.1, 0.15) is 24.0 Å². The third-order valence-electron chi connectivity index (χ3n) is 4.32. The van der Waals surface area contributed by atoms with E-state index in [4.69, 9.17) is 17.3 Å². The van der Waals surface area contributed by atoms with E-state index in [0.29, 0.717) is 6.42 Å². The first-order valence-corrected chi connectivity index (χ1v) is 7.25. The molecular formula is C17H17ClFN. The molecule has 0 spiro atoms. The highest BCUT2D eigenvalue weighted by Crippen LogP contribution is 2.51. The maximum Gasteiger partial charge on any atom is 0.142 e. The normalized spacial score (nSPS) is 17.8. The predicted octanol–water partition coefficient (Wildman–Crippen LogP) is 4.08. The molecule has 1 aliphatic carbocycles. The predicted molar refractivity (Wildman–Crippen MR) is 80.4 cm³/mol. The lowest BCUT2D eigenvalue weighted by Gasteiger charge is -2.24. The molecule has 0 heterocycles. The molecule has 20 heavy (non-hydrogen) atoms. The summed E-state index contributed by atoms with van der Waals surface area (Å²) in [5, 5.41) is 0.201. The molecule has 1 saturated carbocycles. The highest BCUT2D eigenvalue weighted by molar-refractivity contribution is 6.31. The third-order valence-corrected chi connectivity index (χ3v) is 4.74. The van der Waals surface area contributed by atoms with E-state index in [1.54, 1.807) is 6.07 Å². The number of halogens is 2. The van der Waals surface area contributed by atoms with Crippen LogP contribution in [0.3, 0.4) is 0 Å². The molecule has 0 aromatic heterocycles. The minimum atomic E-state index is -0.374. The Bertz CT molecular complexity index is 608. The van der Waals surface area contributed by atoms with Crippen molar-refractivity contribution in [2.75, 3.05) is 0 Å². The lowest BCUT2D eigenvalue weighted by molar-refractivity contribution is 0.512. The maximum atomic E-state index is 13.5. The van der Waals surface area contributed by atoms with Gasteiger partial charge in [0.2, 0.25) is 0 Å². The van der Waals surface area contributed by atoms with Gasteiger partial charge in [-0.1, -0.05) is 54.1 Å². The number of hydrogen-bond acceptors (Lipinski definition) is 1. The van der Waals surface area contributed by atoms with Gasteiger partial charge < -0.3 is 5.73 Å². The molecule has 0 aliphatic heterocycles. The van der Waals surface area contributed by atoms with Crippen LogP contribution in [-0.4, -0.2) is 6.04 Å². The molecule has 0 amide bonds. The smallest absolute Gasteiger partial charge is 0.142 e. The molecule has 2 N–H and O–H groups in total. The number of rotatable bonds is 4. The number of hydrogen-bond donors (Lipinski definition) is 1. The van der Waals surface area contributed by atoms with Crippen LogP contribution < -0.4 is 5.73 Å². The molecule has 1 nitrogen and oxygen atoms in total. The van der Waals surface area contributed by atoms with Crippen LogP contribution in [0.5, 0.6) is 0 Å². The summed E-state index contributed by atoms with van der Waals surface area (Å²) in [5.41, 5.74) is 8.53.